The first-order valence-corrected chi connectivity index (χ1v) is 8.61. The van der Waals surface area contributed by atoms with Crippen LogP contribution in [-0.2, 0) is 9.59 Å². The molecule has 138 valence electrons. The molecule has 2 rings (SSSR count). The minimum absolute atomic E-state index is 0.106. The molecule has 0 radical (unpaired) electrons. The maximum Gasteiger partial charge on any atom is 0.226 e. The molecule has 0 bridgehead atoms. The van der Waals surface area contributed by atoms with E-state index < -0.39 is 0 Å². The van der Waals surface area contributed by atoms with Crippen molar-refractivity contribution in [1.82, 2.24) is 0 Å². The smallest absolute Gasteiger partial charge is 0.226 e. The molecule has 2 aromatic carbocycles. The van der Waals surface area contributed by atoms with Crippen molar-refractivity contribution in [3.8, 4) is 5.75 Å². The van der Waals surface area contributed by atoms with Gasteiger partial charge in [-0.15, -0.1) is 0 Å². The van der Waals surface area contributed by atoms with E-state index in [1.165, 1.54) is 12.5 Å². The molecule has 0 spiro atoms. The normalized spacial score (nSPS) is 10.3. The average Bonchev–Trinajstić information content (AvgIpc) is 2.58. The van der Waals surface area contributed by atoms with Gasteiger partial charge in [0.15, 0.2) is 0 Å². The SMILES string of the molecule is COc1ccc(N(CCC(=O)Nc2c(C)cc(C)cc2C)C(C)=O)cc1. The molecule has 5 nitrogen and oxygen atoms in total. The molecule has 0 heterocycles. The molecule has 2 aromatic rings. The molecule has 5 heteroatoms. The molecule has 0 saturated heterocycles. The summed E-state index contributed by atoms with van der Waals surface area (Å²) < 4.78 is 5.14. The summed E-state index contributed by atoms with van der Waals surface area (Å²) in [6.45, 7) is 7.81. The number of amides is 2. The van der Waals surface area contributed by atoms with Gasteiger partial charge in [0, 0.05) is 31.3 Å². The van der Waals surface area contributed by atoms with E-state index in [0.717, 1.165) is 28.3 Å². The topological polar surface area (TPSA) is 58.6 Å². The molecule has 0 aliphatic carbocycles. The summed E-state index contributed by atoms with van der Waals surface area (Å²) in [6.07, 6.45) is 0.221. The number of aryl methyl sites for hydroxylation is 3. The van der Waals surface area contributed by atoms with Gasteiger partial charge in [-0.25, -0.2) is 0 Å². The number of benzene rings is 2. The fourth-order valence-corrected chi connectivity index (χ4v) is 3.02. The summed E-state index contributed by atoms with van der Waals surface area (Å²) in [5.41, 5.74) is 4.83. The van der Waals surface area contributed by atoms with E-state index in [4.69, 9.17) is 4.74 Å². The lowest BCUT2D eigenvalue weighted by Gasteiger charge is -2.21. The third kappa shape index (κ3) is 4.85. The Morgan fingerprint density at radius 2 is 1.62 bits per heavy atom. The molecular formula is C21H26N2O3. The predicted molar refractivity (Wildman–Crippen MR) is 105 cm³/mol. The summed E-state index contributed by atoms with van der Waals surface area (Å²) in [5.74, 6) is 0.505. The van der Waals surface area contributed by atoms with Crippen LogP contribution in [0.2, 0.25) is 0 Å². The van der Waals surface area contributed by atoms with Crippen LogP contribution in [0.15, 0.2) is 36.4 Å². The first kappa shape index (κ1) is 19.5. The maximum absolute atomic E-state index is 12.4. The summed E-state index contributed by atoms with van der Waals surface area (Å²) in [7, 11) is 1.59. The van der Waals surface area contributed by atoms with E-state index in [1.807, 2.05) is 45.0 Å². The van der Waals surface area contributed by atoms with E-state index in [0.29, 0.717) is 6.54 Å². The van der Waals surface area contributed by atoms with Gasteiger partial charge >= 0.3 is 0 Å². The minimum Gasteiger partial charge on any atom is -0.497 e. The van der Waals surface area contributed by atoms with Crippen LogP contribution in [0.1, 0.15) is 30.0 Å². The highest BCUT2D eigenvalue weighted by Crippen LogP contribution is 2.23. The van der Waals surface area contributed by atoms with E-state index in [1.54, 1.807) is 24.1 Å². The first-order valence-electron chi connectivity index (χ1n) is 8.61. The number of nitrogens with zero attached hydrogens (tertiary/aromatic N) is 1. The van der Waals surface area contributed by atoms with Crippen LogP contribution in [0.3, 0.4) is 0 Å². The van der Waals surface area contributed by atoms with Crippen LogP contribution in [0.25, 0.3) is 0 Å². The molecule has 0 saturated carbocycles. The van der Waals surface area contributed by atoms with Gasteiger partial charge in [-0.2, -0.15) is 0 Å². The maximum atomic E-state index is 12.4. The number of nitrogens with one attached hydrogen (secondary N) is 1. The third-order valence-corrected chi connectivity index (χ3v) is 4.27. The van der Waals surface area contributed by atoms with Crippen LogP contribution in [0, 0.1) is 20.8 Å². The van der Waals surface area contributed by atoms with Gasteiger partial charge in [0.05, 0.1) is 7.11 Å². The van der Waals surface area contributed by atoms with Gasteiger partial charge in [-0.1, -0.05) is 17.7 Å². The van der Waals surface area contributed by atoms with Gasteiger partial charge < -0.3 is 15.0 Å². The Balaban J connectivity index is 2.04. The van der Waals surface area contributed by atoms with Crippen molar-refractivity contribution in [3.63, 3.8) is 0 Å². The lowest BCUT2D eigenvalue weighted by atomic mass is 10.0. The van der Waals surface area contributed by atoms with Crippen LogP contribution in [0.5, 0.6) is 5.75 Å². The molecule has 0 aliphatic rings. The number of carbonyl (C=O) groups excluding carboxylic acids is 2. The zero-order valence-electron chi connectivity index (χ0n) is 16.1. The first-order chi connectivity index (χ1) is 12.3. The second kappa shape index (κ2) is 8.52. The second-order valence-corrected chi connectivity index (χ2v) is 6.44. The summed E-state index contributed by atoms with van der Waals surface area (Å²) in [5, 5.41) is 2.97. The highest BCUT2D eigenvalue weighted by molar-refractivity contribution is 5.95. The Bertz CT molecular complexity index is 774. The second-order valence-electron chi connectivity index (χ2n) is 6.44. The molecule has 0 aromatic heterocycles. The largest absolute Gasteiger partial charge is 0.497 e. The van der Waals surface area contributed by atoms with Gasteiger partial charge in [-0.05, 0) is 56.2 Å². The number of anilines is 2. The van der Waals surface area contributed by atoms with Crippen LogP contribution >= 0.6 is 0 Å². The quantitative estimate of drug-likeness (QED) is 0.853. The van der Waals surface area contributed by atoms with E-state index in [9.17, 15) is 9.59 Å². The molecular weight excluding hydrogens is 328 g/mol. The summed E-state index contributed by atoms with van der Waals surface area (Å²) in [6, 6.07) is 11.3. The van der Waals surface area contributed by atoms with Crippen molar-refractivity contribution in [1.29, 1.82) is 0 Å². The van der Waals surface area contributed by atoms with E-state index in [2.05, 4.69) is 5.32 Å². The van der Waals surface area contributed by atoms with Crippen molar-refractivity contribution in [2.24, 2.45) is 0 Å². The van der Waals surface area contributed by atoms with Gasteiger partial charge in [0.25, 0.3) is 0 Å². The summed E-state index contributed by atoms with van der Waals surface area (Å²) in [4.78, 5) is 26.0. The number of rotatable bonds is 6. The Morgan fingerprint density at radius 3 is 2.12 bits per heavy atom. The minimum atomic E-state index is -0.111. The molecule has 0 atom stereocenters. The number of hydrogen-bond donors (Lipinski definition) is 1. The van der Waals surface area contributed by atoms with Crippen LogP contribution < -0.4 is 15.0 Å². The third-order valence-electron chi connectivity index (χ3n) is 4.27. The van der Waals surface area contributed by atoms with Gasteiger partial charge in [0.1, 0.15) is 5.75 Å². The van der Waals surface area contributed by atoms with Gasteiger partial charge in [-0.3, -0.25) is 9.59 Å². The van der Waals surface area contributed by atoms with Crippen molar-refractivity contribution < 1.29 is 14.3 Å². The van der Waals surface area contributed by atoms with Crippen molar-refractivity contribution >= 4 is 23.2 Å². The monoisotopic (exact) mass is 354 g/mol. The molecule has 0 fully saturated rings. The Kier molecular flexibility index (Phi) is 6.39. The molecule has 0 unspecified atom stereocenters. The fraction of sp³-hybridized carbons (Fsp3) is 0.333. The highest BCUT2D eigenvalue weighted by Gasteiger charge is 2.15. The predicted octanol–water partition coefficient (Wildman–Crippen LogP) is 4.00. The number of carbonyl (C=O) groups is 2. The Labute approximate surface area is 155 Å². The highest BCUT2D eigenvalue weighted by atomic mass is 16.5. The number of ether oxygens (including phenoxy) is 1. The van der Waals surface area contributed by atoms with Gasteiger partial charge in [0.2, 0.25) is 11.8 Å². The van der Waals surface area contributed by atoms with Crippen molar-refractivity contribution in [2.45, 2.75) is 34.1 Å². The fourth-order valence-electron chi connectivity index (χ4n) is 3.02. The van der Waals surface area contributed by atoms with Crippen molar-refractivity contribution in [3.05, 3.63) is 53.1 Å². The Hall–Kier alpha value is -2.82. The zero-order chi connectivity index (χ0) is 19.3. The zero-order valence-corrected chi connectivity index (χ0v) is 16.1. The molecule has 0 aliphatic heterocycles. The molecule has 1 N–H and O–H groups in total. The standard InChI is InChI=1S/C21H26N2O3/c1-14-12-15(2)21(16(3)13-14)22-20(25)10-11-23(17(4)24)18-6-8-19(26-5)9-7-18/h6-9,12-13H,10-11H2,1-5H3,(H,22,25). The van der Waals surface area contributed by atoms with Crippen molar-refractivity contribution in [2.75, 3.05) is 23.9 Å². The van der Waals surface area contributed by atoms with Crippen LogP contribution in [0.4, 0.5) is 11.4 Å². The van der Waals surface area contributed by atoms with E-state index >= 15 is 0 Å². The Morgan fingerprint density at radius 1 is 1.04 bits per heavy atom. The molecule has 2 amide bonds. The number of methoxy groups -OCH3 is 1. The van der Waals surface area contributed by atoms with Crippen LogP contribution in [-0.4, -0.2) is 25.5 Å². The van der Waals surface area contributed by atoms with E-state index in [-0.39, 0.29) is 18.2 Å². The molecule has 26 heavy (non-hydrogen) atoms. The lowest BCUT2D eigenvalue weighted by molar-refractivity contribution is -0.117. The lowest BCUT2D eigenvalue weighted by Crippen LogP contribution is -2.32. The summed E-state index contributed by atoms with van der Waals surface area (Å²) >= 11 is 0. The average molecular weight is 354 g/mol. The number of hydrogen-bond acceptors (Lipinski definition) is 3.